The van der Waals surface area contributed by atoms with Gasteiger partial charge in [0.15, 0.2) is 0 Å². The smallest absolute Gasteiger partial charge is 0.227 e. The maximum atomic E-state index is 11.9. The minimum absolute atomic E-state index is 0.0332. The molecule has 0 aliphatic rings. The summed E-state index contributed by atoms with van der Waals surface area (Å²) in [4.78, 5) is 23.6. The van der Waals surface area contributed by atoms with Gasteiger partial charge in [-0.1, -0.05) is 17.3 Å². The second kappa shape index (κ2) is 7.49. The van der Waals surface area contributed by atoms with E-state index >= 15 is 0 Å². The zero-order chi connectivity index (χ0) is 17.8. The number of aromatic amines is 1. The molecule has 4 rings (SSSR count). The first-order chi connectivity index (χ1) is 12.8. The summed E-state index contributed by atoms with van der Waals surface area (Å²) in [5, 5.41) is 11.0. The van der Waals surface area contributed by atoms with Crippen LogP contribution in [0.25, 0.3) is 22.3 Å². The maximum absolute atomic E-state index is 11.9. The number of amides is 1. The Labute approximate surface area is 153 Å². The molecule has 0 unspecified atom stereocenters. The van der Waals surface area contributed by atoms with E-state index in [0.29, 0.717) is 31.1 Å². The zero-order valence-electron chi connectivity index (χ0n) is 13.9. The van der Waals surface area contributed by atoms with Gasteiger partial charge in [-0.25, -0.2) is 4.98 Å². The van der Waals surface area contributed by atoms with Crippen LogP contribution in [0.4, 0.5) is 0 Å². The van der Waals surface area contributed by atoms with Crippen molar-refractivity contribution in [3.8, 4) is 11.4 Å². The number of hydrogen-bond acceptors (Lipinski definition) is 6. The Morgan fingerprint density at radius 3 is 3.12 bits per heavy atom. The molecule has 0 spiro atoms. The molecule has 0 radical (unpaired) electrons. The van der Waals surface area contributed by atoms with Gasteiger partial charge >= 0.3 is 0 Å². The van der Waals surface area contributed by atoms with Gasteiger partial charge in [-0.2, -0.15) is 4.98 Å². The lowest BCUT2D eigenvalue weighted by atomic mass is 10.1. The summed E-state index contributed by atoms with van der Waals surface area (Å²) < 4.78 is 5.27. The number of carbonyl (C=O) groups is 1. The van der Waals surface area contributed by atoms with Crippen LogP contribution in [0.2, 0.25) is 0 Å². The Morgan fingerprint density at radius 2 is 2.23 bits per heavy atom. The van der Waals surface area contributed by atoms with Crippen LogP contribution in [0, 0.1) is 0 Å². The van der Waals surface area contributed by atoms with E-state index in [4.69, 9.17) is 4.52 Å². The van der Waals surface area contributed by atoms with E-state index in [1.807, 2.05) is 35.8 Å². The number of aryl methyl sites for hydroxylation is 1. The first-order valence-corrected chi connectivity index (χ1v) is 9.21. The second-order valence-electron chi connectivity index (χ2n) is 5.82. The van der Waals surface area contributed by atoms with Gasteiger partial charge < -0.3 is 14.8 Å². The van der Waals surface area contributed by atoms with E-state index in [1.165, 1.54) is 0 Å². The van der Waals surface area contributed by atoms with E-state index in [9.17, 15) is 4.79 Å². The standard InChI is InChI=1S/C18H17N5O2S/c24-15(20-8-6-17-21-9-10-26-17)3-4-16-22-18(23-25-16)13-2-1-12-5-7-19-14(12)11-13/h1-2,5,7,9-11,19H,3-4,6,8H2,(H,20,24). The number of aromatic nitrogens is 4. The highest BCUT2D eigenvalue weighted by atomic mass is 32.1. The van der Waals surface area contributed by atoms with E-state index in [0.717, 1.165) is 27.9 Å². The van der Waals surface area contributed by atoms with Crippen molar-refractivity contribution < 1.29 is 9.32 Å². The van der Waals surface area contributed by atoms with Gasteiger partial charge in [0, 0.05) is 54.7 Å². The minimum Gasteiger partial charge on any atom is -0.361 e. The molecule has 1 aromatic carbocycles. The van der Waals surface area contributed by atoms with E-state index in [-0.39, 0.29) is 5.91 Å². The molecule has 0 aliphatic heterocycles. The third kappa shape index (κ3) is 3.80. The number of benzene rings is 1. The topological polar surface area (TPSA) is 96.7 Å². The molecular weight excluding hydrogens is 350 g/mol. The van der Waals surface area contributed by atoms with Crippen molar-refractivity contribution in [2.45, 2.75) is 19.3 Å². The molecule has 7 nitrogen and oxygen atoms in total. The third-order valence-corrected chi connectivity index (χ3v) is 4.83. The van der Waals surface area contributed by atoms with E-state index < -0.39 is 0 Å². The number of hydrogen-bond donors (Lipinski definition) is 2. The summed E-state index contributed by atoms with van der Waals surface area (Å²) in [7, 11) is 0. The highest BCUT2D eigenvalue weighted by molar-refractivity contribution is 7.09. The minimum atomic E-state index is -0.0332. The summed E-state index contributed by atoms with van der Waals surface area (Å²) in [5.74, 6) is 0.955. The lowest BCUT2D eigenvalue weighted by Crippen LogP contribution is -2.25. The predicted octanol–water partition coefficient (Wildman–Crippen LogP) is 2.97. The molecule has 2 N–H and O–H groups in total. The maximum Gasteiger partial charge on any atom is 0.227 e. The lowest BCUT2D eigenvalue weighted by Gasteiger charge is -2.02. The normalized spacial score (nSPS) is 11.1. The number of thiazole rings is 1. The Bertz CT molecular complexity index is 1010. The van der Waals surface area contributed by atoms with Gasteiger partial charge in [0.1, 0.15) is 0 Å². The third-order valence-electron chi connectivity index (χ3n) is 3.99. The average molecular weight is 367 g/mol. The molecule has 0 bridgehead atoms. The quantitative estimate of drug-likeness (QED) is 0.523. The molecule has 132 valence electrons. The summed E-state index contributed by atoms with van der Waals surface area (Å²) in [5.41, 5.74) is 1.90. The number of H-pyrrole nitrogens is 1. The predicted molar refractivity (Wildman–Crippen MR) is 98.7 cm³/mol. The Kier molecular flexibility index (Phi) is 4.74. The largest absolute Gasteiger partial charge is 0.361 e. The molecule has 0 atom stereocenters. The molecule has 8 heteroatoms. The summed E-state index contributed by atoms with van der Waals surface area (Å²) in [6.07, 6.45) is 5.14. The highest BCUT2D eigenvalue weighted by Crippen LogP contribution is 2.21. The molecule has 0 aliphatic carbocycles. The first kappa shape index (κ1) is 16.5. The van der Waals surface area contributed by atoms with Crippen LogP contribution in [0.5, 0.6) is 0 Å². The van der Waals surface area contributed by atoms with Crippen LogP contribution < -0.4 is 5.32 Å². The molecule has 1 amide bonds. The molecule has 4 aromatic rings. The van der Waals surface area contributed by atoms with Gasteiger partial charge in [-0.15, -0.1) is 11.3 Å². The van der Waals surface area contributed by atoms with Crippen molar-refractivity contribution in [2.24, 2.45) is 0 Å². The van der Waals surface area contributed by atoms with Gasteiger partial charge in [-0.05, 0) is 17.5 Å². The molecule has 26 heavy (non-hydrogen) atoms. The molecule has 0 fully saturated rings. The molecule has 3 heterocycles. The van der Waals surface area contributed by atoms with Crippen molar-refractivity contribution in [3.63, 3.8) is 0 Å². The first-order valence-electron chi connectivity index (χ1n) is 8.33. The number of nitrogens with zero attached hydrogens (tertiary/aromatic N) is 3. The van der Waals surface area contributed by atoms with Gasteiger partial charge in [0.25, 0.3) is 0 Å². The van der Waals surface area contributed by atoms with Crippen LogP contribution in [0.3, 0.4) is 0 Å². The number of fused-ring (bicyclic) bond motifs is 1. The molecule has 0 saturated carbocycles. The highest BCUT2D eigenvalue weighted by Gasteiger charge is 2.11. The Hall–Kier alpha value is -3.00. The van der Waals surface area contributed by atoms with Crippen molar-refractivity contribution in [2.75, 3.05) is 6.54 Å². The molecule has 0 saturated heterocycles. The van der Waals surface area contributed by atoms with Gasteiger partial charge in [0.05, 0.1) is 5.01 Å². The number of nitrogens with one attached hydrogen (secondary N) is 2. The van der Waals surface area contributed by atoms with E-state index in [1.54, 1.807) is 17.5 Å². The van der Waals surface area contributed by atoms with Gasteiger partial charge in [0.2, 0.25) is 17.6 Å². The van der Waals surface area contributed by atoms with Crippen molar-refractivity contribution in [1.82, 2.24) is 25.4 Å². The van der Waals surface area contributed by atoms with Crippen LogP contribution in [0.15, 0.2) is 46.6 Å². The average Bonchev–Trinajstić information content (AvgIpc) is 3.40. The van der Waals surface area contributed by atoms with Crippen molar-refractivity contribution >= 4 is 28.1 Å². The fourth-order valence-corrected chi connectivity index (χ4v) is 3.28. The zero-order valence-corrected chi connectivity index (χ0v) is 14.8. The van der Waals surface area contributed by atoms with Crippen LogP contribution >= 0.6 is 11.3 Å². The van der Waals surface area contributed by atoms with Crippen LogP contribution in [-0.2, 0) is 17.6 Å². The fourth-order valence-electron chi connectivity index (χ4n) is 2.65. The van der Waals surface area contributed by atoms with Gasteiger partial charge in [-0.3, -0.25) is 4.79 Å². The Morgan fingerprint density at radius 1 is 1.27 bits per heavy atom. The van der Waals surface area contributed by atoms with Crippen molar-refractivity contribution in [3.05, 3.63) is 52.9 Å². The number of rotatable bonds is 7. The molecular formula is C18H17N5O2S. The van der Waals surface area contributed by atoms with Crippen LogP contribution in [-0.4, -0.2) is 32.6 Å². The molecule has 3 aromatic heterocycles. The lowest BCUT2D eigenvalue weighted by molar-refractivity contribution is -0.121. The number of carbonyl (C=O) groups excluding carboxylic acids is 1. The van der Waals surface area contributed by atoms with E-state index in [2.05, 4.69) is 25.4 Å². The monoisotopic (exact) mass is 367 g/mol. The second-order valence-corrected chi connectivity index (χ2v) is 6.80. The summed E-state index contributed by atoms with van der Waals surface area (Å²) in [6.45, 7) is 0.581. The summed E-state index contributed by atoms with van der Waals surface area (Å²) in [6, 6.07) is 7.95. The SMILES string of the molecule is O=C(CCc1nc(-c2ccc3cc[nH]c3c2)no1)NCCc1nccs1. The summed E-state index contributed by atoms with van der Waals surface area (Å²) >= 11 is 1.59. The fraction of sp³-hybridized carbons (Fsp3) is 0.222. The Balaban J connectivity index is 1.29. The van der Waals surface area contributed by atoms with Crippen LogP contribution in [0.1, 0.15) is 17.3 Å². The van der Waals surface area contributed by atoms with Crippen molar-refractivity contribution in [1.29, 1.82) is 0 Å².